The Morgan fingerprint density at radius 3 is 2.57 bits per heavy atom. The van der Waals surface area contributed by atoms with E-state index in [9.17, 15) is 9.90 Å². The van der Waals surface area contributed by atoms with Crippen LogP contribution in [0.2, 0.25) is 0 Å². The van der Waals surface area contributed by atoms with E-state index in [0.717, 1.165) is 37.5 Å². The molecule has 4 fully saturated rings. The van der Waals surface area contributed by atoms with Gasteiger partial charge in [0, 0.05) is 12.8 Å². The molecule has 4 saturated carbocycles. The molecule has 0 aromatic carbocycles. The Kier molecular flexibility index (Phi) is 3.72. The van der Waals surface area contributed by atoms with Gasteiger partial charge in [-0.2, -0.15) is 0 Å². The van der Waals surface area contributed by atoms with E-state index in [1.807, 2.05) is 0 Å². The average Bonchev–Trinajstić information content (AvgIpc) is 2.85. The fraction of sp³-hybridized carbons (Fsp3) is 0.952. The molecule has 23 heavy (non-hydrogen) atoms. The minimum Gasteiger partial charge on any atom is -0.393 e. The number of carbonyl (C=O) groups is 1. The number of aliphatic hydroxyl groups excluding tert-OH is 1. The van der Waals surface area contributed by atoms with E-state index in [4.69, 9.17) is 0 Å². The third-order valence-corrected chi connectivity index (χ3v) is 9.19. The van der Waals surface area contributed by atoms with Gasteiger partial charge in [-0.1, -0.05) is 27.2 Å². The van der Waals surface area contributed by atoms with Gasteiger partial charge in [0.2, 0.25) is 0 Å². The molecule has 0 radical (unpaired) electrons. The van der Waals surface area contributed by atoms with E-state index in [1.165, 1.54) is 32.1 Å². The summed E-state index contributed by atoms with van der Waals surface area (Å²) in [6.07, 6.45) is 9.94. The third kappa shape index (κ3) is 2.12. The maximum absolute atomic E-state index is 12.0. The summed E-state index contributed by atoms with van der Waals surface area (Å²) in [5.74, 6) is 3.60. The van der Waals surface area contributed by atoms with Gasteiger partial charge in [-0.15, -0.1) is 0 Å². The first-order valence-corrected chi connectivity index (χ1v) is 10.1. The molecule has 0 aliphatic heterocycles. The Balaban J connectivity index is 1.67. The lowest BCUT2D eigenvalue weighted by atomic mass is 9.44. The first kappa shape index (κ1) is 16.1. The smallest absolute Gasteiger partial charge is 0.133 e. The molecule has 0 aromatic rings. The second-order valence-electron chi connectivity index (χ2n) is 9.77. The van der Waals surface area contributed by atoms with Crippen LogP contribution in [0.25, 0.3) is 0 Å². The normalized spacial score (nSPS) is 55.9. The van der Waals surface area contributed by atoms with Gasteiger partial charge in [0.15, 0.2) is 0 Å². The van der Waals surface area contributed by atoms with Crippen LogP contribution >= 0.6 is 0 Å². The van der Waals surface area contributed by atoms with Crippen molar-refractivity contribution in [2.24, 2.45) is 40.4 Å². The molecular formula is C21H34O2. The van der Waals surface area contributed by atoms with Gasteiger partial charge in [-0.25, -0.2) is 0 Å². The highest BCUT2D eigenvalue weighted by molar-refractivity contribution is 5.79. The summed E-state index contributed by atoms with van der Waals surface area (Å²) < 4.78 is 0. The second kappa shape index (κ2) is 5.31. The van der Waals surface area contributed by atoms with Crippen LogP contribution in [0.1, 0.15) is 78.6 Å². The zero-order valence-corrected chi connectivity index (χ0v) is 15.2. The van der Waals surface area contributed by atoms with Crippen molar-refractivity contribution in [3.05, 3.63) is 0 Å². The van der Waals surface area contributed by atoms with Crippen LogP contribution in [0.5, 0.6) is 0 Å². The first-order chi connectivity index (χ1) is 10.9. The predicted octanol–water partition coefficient (Wildman–Crippen LogP) is 4.60. The highest BCUT2D eigenvalue weighted by atomic mass is 16.3. The van der Waals surface area contributed by atoms with Gasteiger partial charge in [-0.3, -0.25) is 4.79 Å². The van der Waals surface area contributed by atoms with E-state index in [0.29, 0.717) is 34.4 Å². The summed E-state index contributed by atoms with van der Waals surface area (Å²) in [5, 5.41) is 11.1. The molecule has 130 valence electrons. The van der Waals surface area contributed by atoms with Crippen molar-refractivity contribution < 1.29 is 9.90 Å². The molecule has 4 aliphatic rings. The summed E-state index contributed by atoms with van der Waals surface area (Å²) in [5.41, 5.74) is 0.772. The molecule has 0 amide bonds. The highest BCUT2D eigenvalue weighted by Gasteiger charge is 2.62. The maximum Gasteiger partial charge on any atom is 0.133 e. The van der Waals surface area contributed by atoms with E-state index in [-0.39, 0.29) is 6.10 Å². The Hall–Kier alpha value is -0.370. The standard InChI is InChI=1S/C21H34O2/c1-4-13-5-6-16-19-17(8-10-20(13,16)2)21(3)9-7-15(22)11-14(21)12-18(19)23/h13-14,16-19,23H,4-12H2,1-3H3/t13-,14-,16?,17?,18?,19?,20+,21-/m0/s1. The van der Waals surface area contributed by atoms with Gasteiger partial charge in [0.25, 0.3) is 0 Å². The number of hydrogen-bond donors (Lipinski definition) is 1. The Morgan fingerprint density at radius 2 is 1.83 bits per heavy atom. The van der Waals surface area contributed by atoms with Crippen molar-refractivity contribution in [1.82, 2.24) is 0 Å². The molecule has 4 rings (SSSR count). The summed E-state index contributed by atoms with van der Waals surface area (Å²) in [7, 11) is 0. The van der Waals surface area contributed by atoms with Gasteiger partial charge < -0.3 is 5.11 Å². The van der Waals surface area contributed by atoms with Crippen molar-refractivity contribution in [2.75, 3.05) is 0 Å². The molecule has 0 spiro atoms. The molecule has 0 bridgehead atoms. The van der Waals surface area contributed by atoms with Crippen LogP contribution in [-0.2, 0) is 4.79 Å². The number of fused-ring (bicyclic) bond motifs is 5. The Labute approximate surface area is 141 Å². The van der Waals surface area contributed by atoms with Crippen LogP contribution in [0.4, 0.5) is 0 Å². The molecule has 0 heterocycles. The SMILES string of the molecule is CC[C@H]1CCC2C3C(O)C[C@@H]4CC(=O)CC[C@]4(C)C3CC[C@@]21C. The minimum atomic E-state index is -0.163. The van der Waals surface area contributed by atoms with Gasteiger partial charge in [0.05, 0.1) is 6.10 Å². The number of carbonyl (C=O) groups excluding carboxylic acids is 1. The van der Waals surface area contributed by atoms with Crippen LogP contribution in [-0.4, -0.2) is 17.0 Å². The summed E-state index contributed by atoms with van der Waals surface area (Å²) in [6.45, 7) is 7.34. The van der Waals surface area contributed by atoms with Crippen LogP contribution in [0, 0.1) is 40.4 Å². The monoisotopic (exact) mass is 318 g/mol. The molecule has 0 aromatic heterocycles. The maximum atomic E-state index is 12.0. The zero-order valence-electron chi connectivity index (χ0n) is 15.2. The lowest BCUT2D eigenvalue weighted by molar-refractivity contribution is -0.167. The third-order valence-electron chi connectivity index (χ3n) is 9.19. The Bertz CT molecular complexity index is 500. The topological polar surface area (TPSA) is 37.3 Å². The van der Waals surface area contributed by atoms with Crippen LogP contribution in [0.15, 0.2) is 0 Å². The van der Waals surface area contributed by atoms with Gasteiger partial charge in [-0.05, 0) is 78.9 Å². The molecule has 0 saturated heterocycles. The molecule has 2 nitrogen and oxygen atoms in total. The van der Waals surface area contributed by atoms with Gasteiger partial charge in [0.1, 0.15) is 5.78 Å². The highest BCUT2D eigenvalue weighted by Crippen LogP contribution is 2.67. The molecule has 8 atom stereocenters. The summed E-state index contributed by atoms with van der Waals surface area (Å²) in [4.78, 5) is 12.0. The number of hydrogen-bond acceptors (Lipinski definition) is 2. The van der Waals surface area contributed by atoms with Crippen molar-refractivity contribution in [1.29, 1.82) is 0 Å². The zero-order chi connectivity index (χ0) is 16.4. The summed E-state index contributed by atoms with van der Waals surface area (Å²) >= 11 is 0. The van der Waals surface area contributed by atoms with Crippen molar-refractivity contribution in [2.45, 2.75) is 84.7 Å². The van der Waals surface area contributed by atoms with Crippen LogP contribution in [0.3, 0.4) is 0 Å². The summed E-state index contributed by atoms with van der Waals surface area (Å²) in [6, 6.07) is 0. The fourth-order valence-electron chi connectivity index (χ4n) is 7.79. The lowest BCUT2D eigenvalue weighted by Crippen LogP contribution is -2.58. The molecule has 4 unspecified atom stereocenters. The number of ketones is 1. The van der Waals surface area contributed by atoms with E-state index >= 15 is 0 Å². The van der Waals surface area contributed by atoms with E-state index in [1.54, 1.807) is 0 Å². The van der Waals surface area contributed by atoms with Crippen molar-refractivity contribution in [3.63, 3.8) is 0 Å². The minimum absolute atomic E-state index is 0.163. The first-order valence-electron chi connectivity index (χ1n) is 10.1. The van der Waals surface area contributed by atoms with Crippen molar-refractivity contribution in [3.8, 4) is 0 Å². The number of aliphatic hydroxyl groups is 1. The Morgan fingerprint density at radius 1 is 1.09 bits per heavy atom. The quantitative estimate of drug-likeness (QED) is 0.767. The molecular weight excluding hydrogens is 284 g/mol. The fourth-order valence-corrected chi connectivity index (χ4v) is 7.79. The average molecular weight is 319 g/mol. The number of Topliss-reactive ketones (excluding diaryl/α,β-unsaturated/α-hetero) is 1. The largest absolute Gasteiger partial charge is 0.393 e. The number of rotatable bonds is 1. The van der Waals surface area contributed by atoms with Crippen LogP contribution < -0.4 is 0 Å². The molecule has 2 heteroatoms. The van der Waals surface area contributed by atoms with Crippen molar-refractivity contribution >= 4 is 5.78 Å². The molecule has 4 aliphatic carbocycles. The molecule has 1 N–H and O–H groups in total. The lowest BCUT2D eigenvalue weighted by Gasteiger charge is -2.61. The second-order valence-corrected chi connectivity index (χ2v) is 9.77. The van der Waals surface area contributed by atoms with E-state index in [2.05, 4.69) is 20.8 Å². The van der Waals surface area contributed by atoms with E-state index < -0.39 is 0 Å². The van der Waals surface area contributed by atoms with Gasteiger partial charge >= 0.3 is 0 Å². The predicted molar refractivity (Wildman–Crippen MR) is 91.9 cm³/mol.